The number of aliphatic imine (C=N–C) groups is 1. The number of rotatable bonds is 1. The number of hydrogen-bond acceptors (Lipinski definition) is 1. The smallest absolute Gasteiger partial charge is 0.0685 e. The molecule has 0 radical (unpaired) electrons. The summed E-state index contributed by atoms with van der Waals surface area (Å²) in [5.74, 6) is 0.583. The highest BCUT2D eigenvalue weighted by Crippen LogP contribution is 2.16. The predicted molar refractivity (Wildman–Crippen MR) is 45.5 cm³/mol. The fraction of sp³-hybridized carbons (Fsp3) is 0.667. The van der Waals surface area contributed by atoms with Gasteiger partial charge in [-0.1, -0.05) is 13.8 Å². The van der Waals surface area contributed by atoms with Gasteiger partial charge in [-0.2, -0.15) is 0 Å². The molecule has 1 atom stereocenters. The van der Waals surface area contributed by atoms with E-state index in [1.54, 1.807) is 0 Å². The van der Waals surface area contributed by atoms with Crippen molar-refractivity contribution in [2.24, 2.45) is 10.9 Å². The van der Waals surface area contributed by atoms with E-state index < -0.39 is 0 Å². The number of nitrogens with zero attached hydrogens (tertiary/aromatic N) is 1. The minimum Gasteiger partial charge on any atom is -0.282 e. The van der Waals surface area contributed by atoms with Gasteiger partial charge in [0.25, 0.3) is 0 Å². The van der Waals surface area contributed by atoms with Crippen molar-refractivity contribution in [3.8, 4) is 0 Å². The van der Waals surface area contributed by atoms with Gasteiger partial charge in [-0.15, -0.1) is 0 Å². The van der Waals surface area contributed by atoms with Crippen LogP contribution in [0, 0.1) is 5.92 Å². The molecule has 10 heavy (non-hydrogen) atoms. The van der Waals surface area contributed by atoms with Crippen molar-refractivity contribution in [2.45, 2.75) is 33.7 Å². The van der Waals surface area contributed by atoms with Crippen molar-refractivity contribution >= 4 is 5.71 Å². The summed E-state index contributed by atoms with van der Waals surface area (Å²) < 4.78 is 0. The highest BCUT2D eigenvalue weighted by molar-refractivity contribution is 5.99. The normalized spacial score (nSPS) is 25.1. The van der Waals surface area contributed by atoms with Crippen molar-refractivity contribution in [3.63, 3.8) is 0 Å². The molecule has 0 bridgehead atoms. The molecule has 0 amide bonds. The SMILES string of the molecule is CC1=CC(C(C)C)=NC1C. The van der Waals surface area contributed by atoms with Crippen molar-refractivity contribution in [1.82, 2.24) is 0 Å². The Bertz CT molecular complexity index is 187. The molecule has 1 heteroatoms. The third-order valence-corrected chi connectivity index (χ3v) is 1.97. The van der Waals surface area contributed by atoms with Crippen LogP contribution in [0.4, 0.5) is 0 Å². The van der Waals surface area contributed by atoms with E-state index in [1.807, 2.05) is 0 Å². The molecule has 1 unspecified atom stereocenters. The van der Waals surface area contributed by atoms with Gasteiger partial charge in [0.05, 0.1) is 6.04 Å². The zero-order valence-corrected chi connectivity index (χ0v) is 7.18. The minimum absolute atomic E-state index is 0.428. The fourth-order valence-corrected chi connectivity index (χ4v) is 1.03. The van der Waals surface area contributed by atoms with Crippen molar-refractivity contribution in [1.29, 1.82) is 0 Å². The lowest BCUT2D eigenvalue weighted by atomic mass is 10.1. The van der Waals surface area contributed by atoms with E-state index in [-0.39, 0.29) is 0 Å². The maximum absolute atomic E-state index is 4.49. The van der Waals surface area contributed by atoms with Crippen molar-refractivity contribution in [2.75, 3.05) is 0 Å². The second-order valence-corrected chi connectivity index (χ2v) is 3.27. The Morgan fingerprint density at radius 1 is 1.50 bits per heavy atom. The maximum atomic E-state index is 4.49. The third-order valence-electron chi connectivity index (χ3n) is 1.97. The molecule has 1 rings (SSSR count). The average Bonchev–Trinajstić information content (AvgIpc) is 2.13. The first-order chi connectivity index (χ1) is 4.61. The van der Waals surface area contributed by atoms with E-state index in [1.165, 1.54) is 11.3 Å². The van der Waals surface area contributed by atoms with E-state index in [9.17, 15) is 0 Å². The Morgan fingerprint density at radius 2 is 2.10 bits per heavy atom. The van der Waals surface area contributed by atoms with Crippen LogP contribution in [0.5, 0.6) is 0 Å². The highest BCUT2D eigenvalue weighted by Gasteiger charge is 2.13. The van der Waals surface area contributed by atoms with Gasteiger partial charge < -0.3 is 0 Å². The summed E-state index contributed by atoms with van der Waals surface area (Å²) in [4.78, 5) is 4.49. The van der Waals surface area contributed by atoms with Crippen LogP contribution >= 0.6 is 0 Å². The van der Waals surface area contributed by atoms with E-state index in [4.69, 9.17) is 0 Å². The topological polar surface area (TPSA) is 12.4 Å². The van der Waals surface area contributed by atoms with E-state index >= 15 is 0 Å². The quantitative estimate of drug-likeness (QED) is 0.526. The van der Waals surface area contributed by atoms with Gasteiger partial charge in [0.1, 0.15) is 0 Å². The van der Waals surface area contributed by atoms with Crippen LogP contribution in [0.3, 0.4) is 0 Å². The molecular weight excluding hydrogens is 122 g/mol. The summed E-state index contributed by atoms with van der Waals surface area (Å²) >= 11 is 0. The molecule has 56 valence electrons. The van der Waals surface area contributed by atoms with Crippen LogP contribution in [-0.2, 0) is 0 Å². The van der Waals surface area contributed by atoms with Crippen molar-refractivity contribution in [3.05, 3.63) is 11.6 Å². The molecule has 1 aliphatic rings. The molecule has 0 N–H and O–H groups in total. The largest absolute Gasteiger partial charge is 0.282 e. The standard InChI is InChI=1S/C9H15N/c1-6(2)9-5-7(3)8(4)10-9/h5-6,8H,1-4H3. The monoisotopic (exact) mass is 137 g/mol. The van der Waals surface area contributed by atoms with Crippen LogP contribution in [0.2, 0.25) is 0 Å². The molecule has 0 aromatic heterocycles. The Hall–Kier alpha value is -0.590. The molecule has 1 aliphatic heterocycles. The zero-order valence-electron chi connectivity index (χ0n) is 7.18. The second kappa shape index (κ2) is 2.57. The Kier molecular flexibility index (Phi) is 1.93. The summed E-state index contributed by atoms with van der Waals surface area (Å²) in [6, 6.07) is 0.428. The van der Waals surface area contributed by atoms with Gasteiger partial charge in [0, 0.05) is 5.71 Å². The predicted octanol–water partition coefficient (Wildman–Crippen LogP) is 2.43. The minimum atomic E-state index is 0.428. The van der Waals surface area contributed by atoms with Gasteiger partial charge in [0.2, 0.25) is 0 Å². The molecule has 0 aliphatic carbocycles. The van der Waals surface area contributed by atoms with E-state index in [0.29, 0.717) is 12.0 Å². The average molecular weight is 137 g/mol. The van der Waals surface area contributed by atoms with E-state index in [2.05, 4.69) is 38.8 Å². The first kappa shape index (κ1) is 7.52. The summed E-state index contributed by atoms with van der Waals surface area (Å²) in [6.45, 7) is 8.64. The zero-order chi connectivity index (χ0) is 7.72. The Morgan fingerprint density at radius 3 is 2.30 bits per heavy atom. The van der Waals surface area contributed by atoms with E-state index in [0.717, 1.165) is 0 Å². The van der Waals surface area contributed by atoms with Crippen LogP contribution in [0.1, 0.15) is 27.7 Å². The van der Waals surface area contributed by atoms with Gasteiger partial charge in [-0.25, -0.2) is 0 Å². The third kappa shape index (κ3) is 1.28. The number of allylic oxidation sites excluding steroid dienone is 1. The Balaban J connectivity index is 2.75. The van der Waals surface area contributed by atoms with Crippen LogP contribution in [-0.4, -0.2) is 11.8 Å². The summed E-state index contributed by atoms with van der Waals surface area (Å²) in [6.07, 6.45) is 2.20. The second-order valence-electron chi connectivity index (χ2n) is 3.27. The summed E-state index contributed by atoms with van der Waals surface area (Å²) in [5.41, 5.74) is 2.65. The van der Waals surface area contributed by atoms with Crippen LogP contribution < -0.4 is 0 Å². The molecule has 0 saturated heterocycles. The summed E-state index contributed by atoms with van der Waals surface area (Å²) in [7, 11) is 0. The molecule has 0 spiro atoms. The van der Waals surface area contributed by atoms with Gasteiger partial charge >= 0.3 is 0 Å². The van der Waals surface area contributed by atoms with Gasteiger partial charge in [-0.3, -0.25) is 4.99 Å². The lowest BCUT2D eigenvalue weighted by Crippen LogP contribution is -2.01. The molecule has 1 heterocycles. The fourth-order valence-electron chi connectivity index (χ4n) is 1.03. The highest BCUT2D eigenvalue weighted by atomic mass is 14.8. The molecule has 0 saturated carbocycles. The lowest BCUT2D eigenvalue weighted by Gasteiger charge is -2.00. The molecule has 0 fully saturated rings. The maximum Gasteiger partial charge on any atom is 0.0685 e. The molecule has 0 aromatic rings. The van der Waals surface area contributed by atoms with Gasteiger partial charge in [0.15, 0.2) is 0 Å². The molecule has 0 aromatic carbocycles. The first-order valence-electron chi connectivity index (χ1n) is 3.87. The lowest BCUT2D eigenvalue weighted by molar-refractivity contribution is 0.847. The number of hydrogen-bond donors (Lipinski definition) is 0. The van der Waals surface area contributed by atoms with Crippen LogP contribution in [0.15, 0.2) is 16.6 Å². The first-order valence-corrected chi connectivity index (χ1v) is 3.87. The summed E-state index contributed by atoms with van der Waals surface area (Å²) in [5, 5.41) is 0. The molecule has 1 nitrogen and oxygen atoms in total. The Labute approximate surface area is 62.9 Å². The van der Waals surface area contributed by atoms with Gasteiger partial charge in [-0.05, 0) is 31.4 Å². The molecular formula is C9H15N. The van der Waals surface area contributed by atoms with Crippen molar-refractivity contribution < 1.29 is 0 Å². The van der Waals surface area contributed by atoms with Crippen LogP contribution in [0.25, 0.3) is 0 Å².